The van der Waals surface area contributed by atoms with Gasteiger partial charge in [0.1, 0.15) is 0 Å². The van der Waals surface area contributed by atoms with Gasteiger partial charge in [0.25, 0.3) is 0 Å². The molecular formula is C18H25BrN2O2. The molecule has 2 fully saturated rings. The van der Waals surface area contributed by atoms with Gasteiger partial charge in [-0.25, -0.2) is 0 Å². The third kappa shape index (κ3) is 3.25. The second-order valence-electron chi connectivity index (χ2n) is 7.12. The van der Waals surface area contributed by atoms with Crippen LogP contribution in [0.2, 0.25) is 0 Å². The number of aromatic nitrogens is 1. The van der Waals surface area contributed by atoms with Gasteiger partial charge in [-0.2, -0.15) is 0 Å². The van der Waals surface area contributed by atoms with Crippen molar-refractivity contribution in [2.24, 2.45) is 5.92 Å². The molecule has 2 atom stereocenters. The highest BCUT2D eigenvalue weighted by Crippen LogP contribution is 2.45. The molecule has 2 bridgehead atoms. The maximum absolute atomic E-state index is 12.2. The standard InChI is InChI=1S/C18H25BrN2O2/c1-10(2)23-16(22)8-15-11(3)20-12(4)17(19)18(15)21-9-13-5-6-14(21)7-13/h10,13-14H,5-9H2,1-4H3. The Hall–Kier alpha value is -1.10. The molecule has 1 saturated carbocycles. The van der Waals surface area contributed by atoms with Crippen molar-refractivity contribution in [1.29, 1.82) is 0 Å². The Labute approximate surface area is 146 Å². The Bertz CT molecular complexity index is 630. The Balaban J connectivity index is 1.97. The number of hydrogen-bond donors (Lipinski definition) is 0. The Kier molecular flexibility index (Phi) is 4.68. The molecule has 1 aliphatic carbocycles. The fourth-order valence-corrected chi connectivity index (χ4v) is 4.56. The maximum atomic E-state index is 12.2. The van der Waals surface area contributed by atoms with Crippen LogP contribution in [0.1, 0.15) is 50.1 Å². The van der Waals surface area contributed by atoms with Crippen molar-refractivity contribution in [3.05, 3.63) is 21.4 Å². The molecule has 0 radical (unpaired) electrons. The lowest BCUT2D eigenvalue weighted by atomic mass is 10.0. The molecular weight excluding hydrogens is 356 g/mol. The minimum Gasteiger partial charge on any atom is -0.463 e. The normalized spacial score (nSPS) is 23.0. The third-order valence-corrected chi connectivity index (χ3v) is 5.92. The molecule has 2 unspecified atom stereocenters. The molecule has 0 spiro atoms. The first kappa shape index (κ1) is 16.7. The van der Waals surface area contributed by atoms with E-state index in [4.69, 9.17) is 4.74 Å². The van der Waals surface area contributed by atoms with Gasteiger partial charge < -0.3 is 9.64 Å². The van der Waals surface area contributed by atoms with Crippen LogP contribution in [0.5, 0.6) is 0 Å². The predicted molar refractivity (Wildman–Crippen MR) is 94.8 cm³/mol. The number of halogens is 1. The van der Waals surface area contributed by atoms with Crippen LogP contribution in [-0.2, 0) is 16.0 Å². The minimum absolute atomic E-state index is 0.0871. The third-order valence-electron chi connectivity index (χ3n) is 4.97. The number of anilines is 1. The molecule has 0 amide bonds. The van der Waals surface area contributed by atoms with Gasteiger partial charge in [0.05, 0.1) is 28.4 Å². The van der Waals surface area contributed by atoms with E-state index in [9.17, 15) is 4.79 Å². The largest absolute Gasteiger partial charge is 0.463 e. The molecule has 0 N–H and O–H groups in total. The molecule has 1 saturated heterocycles. The predicted octanol–water partition coefficient (Wildman–Crippen LogP) is 3.94. The van der Waals surface area contributed by atoms with E-state index < -0.39 is 0 Å². The summed E-state index contributed by atoms with van der Waals surface area (Å²) in [6.07, 6.45) is 4.08. The molecule has 0 aromatic carbocycles. The number of fused-ring (bicyclic) bond motifs is 2. The highest BCUT2D eigenvalue weighted by Gasteiger charge is 2.40. The average molecular weight is 381 g/mol. The van der Waals surface area contributed by atoms with Crippen LogP contribution in [0.3, 0.4) is 0 Å². The second kappa shape index (κ2) is 6.42. The summed E-state index contributed by atoms with van der Waals surface area (Å²) in [4.78, 5) is 19.3. The Morgan fingerprint density at radius 1 is 1.35 bits per heavy atom. The molecule has 2 heterocycles. The number of ether oxygens (including phenoxy) is 1. The van der Waals surface area contributed by atoms with Crippen LogP contribution in [0.25, 0.3) is 0 Å². The number of piperidine rings is 1. The van der Waals surface area contributed by atoms with Crippen molar-refractivity contribution in [2.75, 3.05) is 11.4 Å². The maximum Gasteiger partial charge on any atom is 0.310 e. The fourth-order valence-electron chi connectivity index (χ4n) is 4.00. The van der Waals surface area contributed by atoms with E-state index in [1.165, 1.54) is 24.9 Å². The lowest BCUT2D eigenvalue weighted by molar-refractivity contribution is -0.146. The van der Waals surface area contributed by atoms with Gasteiger partial charge in [-0.1, -0.05) is 0 Å². The smallest absolute Gasteiger partial charge is 0.310 e. The van der Waals surface area contributed by atoms with Gasteiger partial charge in [-0.05, 0) is 68.8 Å². The van der Waals surface area contributed by atoms with E-state index in [0.29, 0.717) is 12.5 Å². The SMILES string of the molecule is Cc1nc(C)c(CC(=O)OC(C)C)c(N2CC3CCC2C3)c1Br. The summed E-state index contributed by atoms with van der Waals surface area (Å²) in [6.45, 7) is 8.88. The van der Waals surface area contributed by atoms with Gasteiger partial charge >= 0.3 is 5.97 Å². The summed E-state index contributed by atoms with van der Waals surface area (Å²) in [5.41, 5.74) is 4.11. The van der Waals surface area contributed by atoms with Crippen LogP contribution in [0, 0.1) is 19.8 Å². The minimum atomic E-state index is -0.175. The molecule has 2 aliphatic rings. The van der Waals surface area contributed by atoms with Crippen LogP contribution in [0.15, 0.2) is 4.47 Å². The van der Waals surface area contributed by atoms with Crippen molar-refractivity contribution in [3.63, 3.8) is 0 Å². The molecule has 3 rings (SSSR count). The fraction of sp³-hybridized carbons (Fsp3) is 0.667. The molecule has 1 aliphatic heterocycles. The number of hydrogen-bond acceptors (Lipinski definition) is 4. The van der Waals surface area contributed by atoms with Crippen LogP contribution in [0.4, 0.5) is 5.69 Å². The second-order valence-corrected chi connectivity index (χ2v) is 7.92. The lowest BCUT2D eigenvalue weighted by Crippen LogP contribution is -2.34. The van der Waals surface area contributed by atoms with Crippen molar-refractivity contribution in [2.45, 2.75) is 65.5 Å². The lowest BCUT2D eigenvalue weighted by Gasteiger charge is -2.33. The van der Waals surface area contributed by atoms with Crippen LogP contribution >= 0.6 is 15.9 Å². The van der Waals surface area contributed by atoms with Gasteiger partial charge in [-0.15, -0.1) is 0 Å². The molecule has 1 aromatic heterocycles. The van der Waals surface area contributed by atoms with Crippen molar-refractivity contribution in [1.82, 2.24) is 4.98 Å². The monoisotopic (exact) mass is 380 g/mol. The van der Waals surface area contributed by atoms with E-state index in [2.05, 4.69) is 25.8 Å². The van der Waals surface area contributed by atoms with Gasteiger partial charge in [0.2, 0.25) is 0 Å². The average Bonchev–Trinajstić information content (AvgIpc) is 3.06. The van der Waals surface area contributed by atoms with Crippen molar-refractivity contribution < 1.29 is 9.53 Å². The topological polar surface area (TPSA) is 42.4 Å². The van der Waals surface area contributed by atoms with E-state index >= 15 is 0 Å². The summed E-state index contributed by atoms with van der Waals surface area (Å²) < 4.78 is 6.39. The number of carbonyl (C=O) groups is 1. The van der Waals surface area contributed by atoms with Crippen LogP contribution < -0.4 is 4.90 Å². The quantitative estimate of drug-likeness (QED) is 0.741. The van der Waals surface area contributed by atoms with E-state index in [1.54, 1.807) is 0 Å². The highest BCUT2D eigenvalue weighted by atomic mass is 79.9. The summed E-state index contributed by atoms with van der Waals surface area (Å²) in [5, 5.41) is 0. The van der Waals surface area contributed by atoms with Crippen molar-refractivity contribution in [3.8, 4) is 0 Å². The zero-order valence-electron chi connectivity index (χ0n) is 14.4. The molecule has 126 valence electrons. The highest BCUT2D eigenvalue weighted by molar-refractivity contribution is 9.10. The first-order valence-corrected chi connectivity index (χ1v) is 9.27. The first-order chi connectivity index (χ1) is 10.9. The number of carbonyl (C=O) groups excluding carboxylic acids is 1. The Morgan fingerprint density at radius 3 is 2.65 bits per heavy atom. The summed E-state index contributed by atoms with van der Waals surface area (Å²) in [5.74, 6) is 0.627. The molecule has 4 nitrogen and oxygen atoms in total. The number of pyridine rings is 1. The number of aryl methyl sites for hydroxylation is 2. The zero-order chi connectivity index (χ0) is 16.7. The number of esters is 1. The van der Waals surface area contributed by atoms with Crippen LogP contribution in [-0.4, -0.2) is 29.6 Å². The number of nitrogens with zero attached hydrogens (tertiary/aromatic N) is 2. The molecule has 23 heavy (non-hydrogen) atoms. The van der Waals surface area contributed by atoms with Gasteiger partial charge in [0, 0.05) is 23.8 Å². The first-order valence-electron chi connectivity index (χ1n) is 8.48. The van der Waals surface area contributed by atoms with Gasteiger partial charge in [0.15, 0.2) is 0 Å². The van der Waals surface area contributed by atoms with E-state index in [-0.39, 0.29) is 12.1 Å². The summed E-state index contributed by atoms with van der Waals surface area (Å²) in [6, 6.07) is 0.609. The summed E-state index contributed by atoms with van der Waals surface area (Å²) >= 11 is 3.73. The zero-order valence-corrected chi connectivity index (χ0v) is 15.9. The molecule has 5 heteroatoms. The van der Waals surface area contributed by atoms with Gasteiger partial charge in [-0.3, -0.25) is 9.78 Å². The number of rotatable bonds is 4. The van der Waals surface area contributed by atoms with Crippen molar-refractivity contribution >= 4 is 27.6 Å². The van der Waals surface area contributed by atoms with E-state index in [0.717, 1.165) is 33.9 Å². The Morgan fingerprint density at radius 2 is 2.09 bits per heavy atom. The molecule has 1 aromatic rings. The summed E-state index contributed by atoms with van der Waals surface area (Å²) in [7, 11) is 0. The van der Waals surface area contributed by atoms with E-state index in [1.807, 2.05) is 27.7 Å².